The van der Waals surface area contributed by atoms with E-state index < -0.39 is 21.4 Å². The van der Waals surface area contributed by atoms with Crippen LogP contribution in [0.25, 0.3) is 0 Å². The molecule has 0 spiro atoms. The second-order valence-corrected chi connectivity index (χ2v) is 8.18. The number of hydrogen-bond acceptors (Lipinski definition) is 3. The summed E-state index contributed by atoms with van der Waals surface area (Å²) in [5.41, 5.74) is -5.62. The number of hydrogen-bond donors (Lipinski definition) is 1. The monoisotopic (exact) mass is 631 g/mol. The Morgan fingerprint density at radius 2 is 1.58 bits per heavy atom. The predicted octanol–water partition coefficient (Wildman–Crippen LogP) is 3.08. The first kappa shape index (κ1) is 17.7. The first-order valence-corrected chi connectivity index (χ1v) is 8.96. The molecule has 0 aliphatic carbocycles. The van der Waals surface area contributed by atoms with E-state index in [0.29, 0.717) is 10.7 Å². The third kappa shape index (κ3) is 4.05. The van der Waals surface area contributed by atoms with Crippen molar-refractivity contribution in [2.45, 2.75) is 5.51 Å². The van der Waals surface area contributed by atoms with Crippen molar-refractivity contribution < 1.29 is 26.4 Å². The summed E-state index contributed by atoms with van der Waals surface area (Å²) >= 11 is 5.41. The van der Waals surface area contributed by atoms with E-state index in [2.05, 4.69) is 0 Å². The Labute approximate surface area is 147 Å². The van der Waals surface area contributed by atoms with Gasteiger partial charge in [0.15, 0.2) is 0 Å². The molecular weight excluding hydrogens is 628 g/mol. The van der Waals surface area contributed by atoms with E-state index in [1.54, 1.807) is 51.2 Å². The summed E-state index contributed by atoms with van der Waals surface area (Å²) in [6.07, 6.45) is 0. The van der Waals surface area contributed by atoms with Gasteiger partial charge in [-0.2, -0.15) is 21.6 Å². The first-order valence-electron chi connectivity index (χ1n) is 4.24. The van der Waals surface area contributed by atoms with Crippen LogP contribution in [0.1, 0.15) is 10.4 Å². The zero-order chi connectivity index (χ0) is 15.0. The second kappa shape index (κ2) is 6.17. The molecule has 0 bridgehead atoms. The van der Waals surface area contributed by atoms with Crippen LogP contribution in [-0.2, 0) is 10.0 Å². The van der Waals surface area contributed by atoms with E-state index in [-0.39, 0.29) is 5.56 Å². The Morgan fingerprint density at radius 1 is 1.11 bits per heavy atom. The normalized spacial score (nSPS) is 12.3. The van der Waals surface area contributed by atoms with Gasteiger partial charge in [0.05, 0.1) is 5.56 Å². The van der Waals surface area contributed by atoms with Crippen LogP contribution >= 0.6 is 67.8 Å². The Balaban J connectivity index is 3.21. The lowest BCUT2D eigenvalue weighted by molar-refractivity contribution is -0.0446. The lowest BCUT2D eigenvalue weighted by atomic mass is 10.2. The molecule has 1 amide bonds. The topological polar surface area (TPSA) is 63.2 Å². The number of benzene rings is 1. The summed E-state index contributed by atoms with van der Waals surface area (Å²) in [7, 11) is -5.70. The van der Waals surface area contributed by atoms with Gasteiger partial charge >= 0.3 is 15.5 Å². The van der Waals surface area contributed by atoms with Gasteiger partial charge in [-0.15, -0.1) is 0 Å². The Bertz CT molecular complexity index is 630. The van der Waals surface area contributed by atoms with Crippen LogP contribution < -0.4 is 4.72 Å². The number of carbonyl (C=O) groups excluding carboxylic acids is 1. The van der Waals surface area contributed by atoms with Crippen LogP contribution in [0.5, 0.6) is 0 Å². The second-order valence-electron chi connectivity index (χ2n) is 3.10. The van der Waals surface area contributed by atoms with Crippen molar-refractivity contribution in [2.75, 3.05) is 0 Å². The third-order valence-electron chi connectivity index (χ3n) is 1.80. The fourth-order valence-electron chi connectivity index (χ4n) is 0.966. The summed E-state index contributed by atoms with van der Waals surface area (Å²) in [4.78, 5) is 11.7. The molecule has 0 aliphatic heterocycles. The molecule has 0 atom stereocenters. The van der Waals surface area contributed by atoms with E-state index in [9.17, 15) is 26.4 Å². The van der Waals surface area contributed by atoms with Crippen LogP contribution in [0, 0.1) is 10.7 Å². The molecule has 0 saturated heterocycles. The molecule has 0 aliphatic rings. The van der Waals surface area contributed by atoms with E-state index in [4.69, 9.17) is 0 Å². The van der Waals surface area contributed by atoms with E-state index in [1.165, 1.54) is 6.07 Å². The number of amides is 1. The smallest absolute Gasteiger partial charge is 0.268 e. The van der Waals surface area contributed by atoms with Gasteiger partial charge in [0.2, 0.25) is 0 Å². The van der Waals surface area contributed by atoms with Gasteiger partial charge in [-0.3, -0.25) is 4.79 Å². The van der Waals surface area contributed by atoms with Gasteiger partial charge in [-0.1, -0.05) is 0 Å². The van der Waals surface area contributed by atoms with Crippen LogP contribution in [0.2, 0.25) is 0 Å². The van der Waals surface area contributed by atoms with Crippen molar-refractivity contribution in [3.63, 3.8) is 0 Å². The molecule has 4 nitrogen and oxygen atoms in total. The van der Waals surface area contributed by atoms with Gasteiger partial charge < -0.3 is 0 Å². The molecule has 0 aromatic heterocycles. The molecule has 1 aromatic rings. The number of carbonyl (C=O) groups is 1. The molecule has 19 heavy (non-hydrogen) atoms. The van der Waals surface area contributed by atoms with Crippen molar-refractivity contribution in [1.29, 1.82) is 0 Å². The summed E-state index contributed by atoms with van der Waals surface area (Å²) in [6.45, 7) is 0. The predicted molar refractivity (Wildman–Crippen MR) is 87.0 cm³/mol. The molecule has 0 fully saturated rings. The molecule has 1 aromatic carbocycles. The van der Waals surface area contributed by atoms with Crippen molar-refractivity contribution in [1.82, 2.24) is 4.72 Å². The number of alkyl halides is 3. The maximum Gasteiger partial charge on any atom is 0.516 e. The summed E-state index contributed by atoms with van der Waals surface area (Å²) < 4.78 is 60.7. The SMILES string of the molecule is O=C(NS(=O)(=O)C(F)(F)F)c1c(I)ccc(I)c1I. The highest BCUT2D eigenvalue weighted by molar-refractivity contribution is 14.1. The number of halogens is 6. The Kier molecular flexibility index (Phi) is 5.73. The Morgan fingerprint density at radius 3 is 2.05 bits per heavy atom. The molecular formula is C8H3F3I3NO3S. The van der Waals surface area contributed by atoms with Crippen LogP contribution in [-0.4, -0.2) is 19.8 Å². The largest absolute Gasteiger partial charge is 0.516 e. The molecule has 1 rings (SSSR count). The highest BCUT2D eigenvalue weighted by Crippen LogP contribution is 2.26. The minimum Gasteiger partial charge on any atom is -0.268 e. The molecule has 1 N–H and O–H groups in total. The highest BCUT2D eigenvalue weighted by atomic mass is 127. The standard InChI is InChI=1S/C8H3F3I3NO3S/c9-8(10,11)19(17,18)15-7(16)5-3(12)1-2-4(13)6(5)14/h1-2H,(H,15,16). The Hall–Kier alpha value is 0.620. The molecule has 11 heteroatoms. The van der Waals surface area contributed by atoms with Crippen molar-refractivity contribution >= 4 is 83.7 Å². The van der Waals surface area contributed by atoms with E-state index in [0.717, 1.165) is 4.72 Å². The average Bonchev–Trinajstić information content (AvgIpc) is 2.21. The summed E-state index contributed by atoms with van der Waals surface area (Å²) in [5.74, 6) is -1.30. The quantitative estimate of drug-likeness (QED) is 0.404. The van der Waals surface area contributed by atoms with Crippen molar-refractivity contribution in [3.8, 4) is 0 Å². The van der Waals surface area contributed by atoms with Crippen LogP contribution in [0.4, 0.5) is 13.2 Å². The first-order chi connectivity index (χ1) is 8.47. The van der Waals surface area contributed by atoms with E-state index in [1.807, 2.05) is 22.6 Å². The molecule has 106 valence electrons. The van der Waals surface area contributed by atoms with Gasteiger partial charge in [0.25, 0.3) is 5.91 Å². The van der Waals surface area contributed by atoms with E-state index >= 15 is 0 Å². The molecule has 0 heterocycles. The molecule has 0 radical (unpaired) electrons. The summed E-state index contributed by atoms with van der Waals surface area (Å²) in [6, 6.07) is 3.18. The maximum absolute atomic E-state index is 12.2. The minimum atomic E-state index is -5.70. The van der Waals surface area contributed by atoms with Gasteiger partial charge in [0.1, 0.15) is 0 Å². The number of sulfonamides is 1. The van der Waals surface area contributed by atoms with Gasteiger partial charge in [0, 0.05) is 10.7 Å². The zero-order valence-corrected chi connectivity index (χ0v) is 15.8. The third-order valence-corrected chi connectivity index (χ3v) is 6.82. The highest BCUT2D eigenvalue weighted by Gasteiger charge is 2.47. The number of nitrogens with one attached hydrogen (secondary N) is 1. The molecule has 0 unspecified atom stereocenters. The maximum atomic E-state index is 12.2. The minimum absolute atomic E-state index is 0.0964. The average molecular weight is 631 g/mol. The lowest BCUT2D eigenvalue weighted by Gasteiger charge is -2.12. The van der Waals surface area contributed by atoms with Crippen molar-refractivity contribution in [3.05, 3.63) is 28.4 Å². The summed E-state index contributed by atoms with van der Waals surface area (Å²) in [5, 5.41) is 0. The number of rotatable bonds is 2. The van der Waals surface area contributed by atoms with Crippen LogP contribution in [0.3, 0.4) is 0 Å². The fourth-order valence-corrected chi connectivity index (χ4v) is 3.80. The fraction of sp³-hybridized carbons (Fsp3) is 0.125. The lowest BCUT2D eigenvalue weighted by Crippen LogP contribution is -2.40. The zero-order valence-electron chi connectivity index (χ0n) is 8.56. The molecule has 0 saturated carbocycles. The van der Waals surface area contributed by atoms with Crippen LogP contribution in [0.15, 0.2) is 12.1 Å². The van der Waals surface area contributed by atoms with Gasteiger partial charge in [-0.25, -0.2) is 4.72 Å². The van der Waals surface area contributed by atoms with Crippen molar-refractivity contribution in [2.24, 2.45) is 0 Å². The van der Waals surface area contributed by atoms with Gasteiger partial charge in [-0.05, 0) is 79.9 Å².